The van der Waals surface area contributed by atoms with Gasteiger partial charge in [-0.05, 0) is 23.3 Å². The van der Waals surface area contributed by atoms with Crippen LogP contribution in [0.1, 0.15) is 11.1 Å². The number of alkyl halides is 3. The number of amides is 1. The molecule has 3 heterocycles. The van der Waals surface area contributed by atoms with Crippen LogP contribution in [0.25, 0.3) is 0 Å². The van der Waals surface area contributed by atoms with Crippen molar-refractivity contribution in [2.75, 3.05) is 48.5 Å². The Morgan fingerprint density at radius 3 is 2.33 bits per heavy atom. The summed E-state index contributed by atoms with van der Waals surface area (Å²) in [5.41, 5.74) is 2.83. The number of nitrogens with zero attached hydrogens (tertiary/aromatic N) is 4. The number of hydrogen-bond acceptors (Lipinski definition) is 8. The van der Waals surface area contributed by atoms with Gasteiger partial charge in [-0.25, -0.2) is 14.8 Å². The second kappa shape index (κ2) is 12.6. The Kier molecular flexibility index (Phi) is 9.04. The fourth-order valence-electron chi connectivity index (χ4n) is 4.31. The highest BCUT2D eigenvalue weighted by atomic mass is 19.4. The normalized spacial score (nSPS) is 16.8. The van der Waals surface area contributed by atoms with Crippen LogP contribution in [0.4, 0.5) is 30.5 Å². The molecule has 2 N–H and O–H groups in total. The van der Waals surface area contributed by atoms with Crippen molar-refractivity contribution in [3.63, 3.8) is 0 Å². The third-order valence-electron chi connectivity index (χ3n) is 6.28. The first kappa shape index (κ1) is 28.6. The summed E-state index contributed by atoms with van der Waals surface area (Å²) < 4.78 is 42.5. The molecule has 1 aromatic heterocycles. The second-order valence-corrected chi connectivity index (χ2v) is 8.96. The third kappa shape index (κ3) is 6.97. The van der Waals surface area contributed by atoms with E-state index >= 15 is 0 Å². The smallest absolute Gasteiger partial charge is 0.490 e. The molecule has 2 aliphatic rings. The zero-order valence-electron chi connectivity index (χ0n) is 21.6. The van der Waals surface area contributed by atoms with Gasteiger partial charge >= 0.3 is 12.1 Å². The number of carbonyl (C=O) groups is 2. The van der Waals surface area contributed by atoms with Gasteiger partial charge in [0.2, 0.25) is 5.91 Å². The summed E-state index contributed by atoms with van der Waals surface area (Å²) in [5, 5.41) is 10.5. The van der Waals surface area contributed by atoms with E-state index in [1.54, 1.807) is 13.4 Å². The van der Waals surface area contributed by atoms with Crippen molar-refractivity contribution in [2.24, 2.45) is 0 Å². The SMILES string of the molecule is COc1ccc(CN2C(=O)C(Cc3ccccc3)Nc3ncnc(N4CCOCC4)c32)cc1.O=C(O)C(F)(F)F. The zero-order chi connectivity index (χ0) is 28.7. The van der Waals surface area contributed by atoms with Gasteiger partial charge < -0.3 is 24.8 Å². The van der Waals surface area contributed by atoms with Crippen LogP contribution in [0, 0.1) is 0 Å². The van der Waals surface area contributed by atoms with Gasteiger partial charge in [-0.1, -0.05) is 42.5 Å². The molecule has 1 unspecified atom stereocenters. The number of benzene rings is 2. The maximum absolute atomic E-state index is 13.8. The molecular formula is C27H28F3N5O5. The number of ether oxygens (including phenoxy) is 2. The largest absolute Gasteiger partial charge is 0.497 e. The van der Waals surface area contributed by atoms with Crippen LogP contribution >= 0.6 is 0 Å². The lowest BCUT2D eigenvalue weighted by Gasteiger charge is -2.38. The van der Waals surface area contributed by atoms with Crippen molar-refractivity contribution < 1.29 is 37.3 Å². The number of halogens is 3. The van der Waals surface area contributed by atoms with Crippen molar-refractivity contribution in [1.29, 1.82) is 0 Å². The van der Waals surface area contributed by atoms with E-state index in [9.17, 15) is 18.0 Å². The molecule has 40 heavy (non-hydrogen) atoms. The molecule has 10 nitrogen and oxygen atoms in total. The predicted octanol–water partition coefficient (Wildman–Crippen LogP) is 3.53. The summed E-state index contributed by atoms with van der Waals surface area (Å²) >= 11 is 0. The first-order valence-corrected chi connectivity index (χ1v) is 12.4. The minimum absolute atomic E-state index is 0.00600. The van der Waals surface area contributed by atoms with Crippen molar-refractivity contribution in [2.45, 2.75) is 25.2 Å². The number of rotatable bonds is 6. The highest BCUT2D eigenvalue weighted by Crippen LogP contribution is 2.39. The lowest BCUT2D eigenvalue weighted by atomic mass is 10.0. The number of aromatic nitrogens is 2. The van der Waals surface area contributed by atoms with Gasteiger partial charge in [0, 0.05) is 19.5 Å². The standard InChI is InChI=1S/C25H27N5O3.C2HF3O2/c1-32-20-9-7-19(8-10-20)16-30-22-23(26-17-27-24(22)29-11-13-33-14-12-29)28-21(25(30)31)15-18-5-3-2-4-6-18;3-2(4,5)1(6)7/h2-10,17,21H,11-16H2,1H3,(H,26,27,28);(H,6,7). The number of fused-ring (bicyclic) bond motifs is 1. The predicted molar refractivity (Wildman–Crippen MR) is 140 cm³/mol. The van der Waals surface area contributed by atoms with Crippen LogP contribution in [0.2, 0.25) is 0 Å². The van der Waals surface area contributed by atoms with E-state index in [1.165, 1.54) is 0 Å². The number of nitrogens with one attached hydrogen (secondary N) is 1. The molecule has 2 aliphatic heterocycles. The van der Waals surface area contributed by atoms with Gasteiger partial charge in [-0.15, -0.1) is 0 Å². The molecule has 0 radical (unpaired) electrons. The van der Waals surface area contributed by atoms with Gasteiger partial charge in [0.15, 0.2) is 11.6 Å². The number of carboxylic acid groups (broad SMARTS) is 1. The monoisotopic (exact) mass is 559 g/mol. The van der Waals surface area contributed by atoms with Gasteiger partial charge in [-0.2, -0.15) is 13.2 Å². The molecule has 1 atom stereocenters. The number of aliphatic carboxylic acids is 1. The van der Waals surface area contributed by atoms with Crippen LogP contribution in [-0.4, -0.2) is 72.6 Å². The minimum Gasteiger partial charge on any atom is -0.497 e. The summed E-state index contributed by atoms with van der Waals surface area (Å²) in [5.74, 6) is -0.527. The second-order valence-electron chi connectivity index (χ2n) is 8.96. The van der Waals surface area contributed by atoms with E-state index in [4.69, 9.17) is 19.4 Å². The summed E-state index contributed by atoms with van der Waals surface area (Å²) in [6, 6.07) is 17.4. The van der Waals surface area contributed by atoms with Crippen molar-refractivity contribution >= 4 is 29.2 Å². The van der Waals surface area contributed by atoms with E-state index in [-0.39, 0.29) is 5.91 Å². The number of carboxylic acids is 1. The molecule has 1 fully saturated rings. The molecule has 2 aromatic carbocycles. The summed E-state index contributed by atoms with van der Waals surface area (Å²) in [4.78, 5) is 35.8. The number of morpholine rings is 1. The van der Waals surface area contributed by atoms with Gasteiger partial charge in [0.1, 0.15) is 23.8 Å². The Labute approximate surface area is 228 Å². The van der Waals surface area contributed by atoms with Crippen LogP contribution in [-0.2, 0) is 27.3 Å². The molecule has 0 aliphatic carbocycles. The Bertz CT molecular complexity index is 1300. The van der Waals surface area contributed by atoms with Gasteiger partial charge in [0.05, 0.1) is 26.9 Å². The van der Waals surface area contributed by atoms with Gasteiger partial charge in [0.25, 0.3) is 0 Å². The average Bonchev–Trinajstić information content (AvgIpc) is 2.96. The van der Waals surface area contributed by atoms with E-state index in [2.05, 4.69) is 20.2 Å². The Morgan fingerprint density at radius 1 is 1.07 bits per heavy atom. The maximum atomic E-state index is 13.8. The summed E-state index contributed by atoms with van der Waals surface area (Å²) in [6.07, 6.45) is -2.94. The molecule has 0 saturated carbocycles. The number of carbonyl (C=O) groups excluding carboxylic acids is 1. The lowest BCUT2D eigenvalue weighted by Crippen LogP contribution is -2.49. The van der Waals surface area contributed by atoms with Crippen molar-refractivity contribution in [1.82, 2.24) is 9.97 Å². The Balaban J connectivity index is 0.000000470. The van der Waals surface area contributed by atoms with E-state index in [0.29, 0.717) is 32.0 Å². The molecule has 1 saturated heterocycles. The van der Waals surface area contributed by atoms with Crippen LogP contribution in [0.15, 0.2) is 60.9 Å². The van der Waals surface area contributed by atoms with E-state index in [0.717, 1.165) is 41.5 Å². The highest BCUT2D eigenvalue weighted by molar-refractivity contribution is 6.07. The van der Waals surface area contributed by atoms with Gasteiger partial charge in [-0.3, -0.25) is 9.69 Å². The number of methoxy groups -OCH3 is 1. The maximum Gasteiger partial charge on any atom is 0.490 e. The average molecular weight is 560 g/mol. The molecule has 0 bridgehead atoms. The Morgan fingerprint density at radius 2 is 1.73 bits per heavy atom. The number of anilines is 3. The molecular weight excluding hydrogens is 531 g/mol. The molecule has 13 heteroatoms. The summed E-state index contributed by atoms with van der Waals surface area (Å²) in [7, 11) is 1.64. The molecule has 1 amide bonds. The molecule has 212 valence electrons. The lowest BCUT2D eigenvalue weighted by molar-refractivity contribution is -0.192. The fraction of sp³-hybridized carbons (Fsp3) is 0.333. The van der Waals surface area contributed by atoms with Crippen LogP contribution < -0.4 is 19.9 Å². The van der Waals surface area contributed by atoms with E-state index in [1.807, 2.05) is 59.5 Å². The minimum atomic E-state index is -5.08. The zero-order valence-corrected chi connectivity index (χ0v) is 21.6. The molecule has 5 rings (SSSR count). The van der Waals surface area contributed by atoms with Crippen LogP contribution in [0.5, 0.6) is 5.75 Å². The quantitative estimate of drug-likeness (QED) is 0.468. The Hall–Kier alpha value is -4.39. The molecule has 0 spiro atoms. The number of hydrogen-bond donors (Lipinski definition) is 2. The molecule has 3 aromatic rings. The third-order valence-corrected chi connectivity index (χ3v) is 6.28. The summed E-state index contributed by atoms with van der Waals surface area (Å²) in [6.45, 7) is 3.14. The van der Waals surface area contributed by atoms with Crippen LogP contribution in [0.3, 0.4) is 0 Å². The van der Waals surface area contributed by atoms with E-state index < -0.39 is 18.2 Å². The first-order valence-electron chi connectivity index (χ1n) is 12.4. The highest BCUT2D eigenvalue weighted by Gasteiger charge is 2.38. The first-order chi connectivity index (χ1) is 19.2. The fourth-order valence-corrected chi connectivity index (χ4v) is 4.31. The topological polar surface area (TPSA) is 117 Å². The van der Waals surface area contributed by atoms with Crippen molar-refractivity contribution in [3.05, 3.63) is 72.1 Å². The van der Waals surface area contributed by atoms with Crippen molar-refractivity contribution in [3.8, 4) is 5.75 Å².